The average Bonchev–Trinajstić information content (AvgIpc) is 3.56. The molecule has 5 rings (SSSR count). The molecule has 1 unspecified atom stereocenters. The van der Waals surface area contributed by atoms with E-state index in [0.717, 1.165) is 34.9 Å². The molecule has 3 heterocycles. The molecule has 208 valence electrons. The second kappa shape index (κ2) is 11.0. The number of nitrogens with zero attached hydrogens (tertiary/aromatic N) is 3. The molecule has 0 bridgehead atoms. The van der Waals surface area contributed by atoms with E-state index in [2.05, 4.69) is 37.3 Å². The third-order valence-electron chi connectivity index (χ3n) is 7.22. The molecule has 3 aliphatic heterocycles. The zero-order valence-corrected chi connectivity index (χ0v) is 24.0. The van der Waals surface area contributed by atoms with E-state index in [4.69, 9.17) is 4.74 Å². The molecule has 1 aromatic rings. The second-order valence-corrected chi connectivity index (χ2v) is 13.8. The van der Waals surface area contributed by atoms with Crippen molar-refractivity contribution in [2.75, 3.05) is 38.1 Å². The van der Waals surface area contributed by atoms with E-state index in [1.54, 1.807) is 27.0 Å². The van der Waals surface area contributed by atoms with Crippen molar-refractivity contribution in [3.63, 3.8) is 0 Å². The van der Waals surface area contributed by atoms with Gasteiger partial charge in [-0.2, -0.15) is 0 Å². The predicted octanol–water partition coefficient (Wildman–Crippen LogP) is 3.65. The first kappa shape index (κ1) is 27.2. The minimum absolute atomic E-state index is 0.380. The number of nitrogens with one attached hydrogen (secondary N) is 3. The van der Waals surface area contributed by atoms with Gasteiger partial charge < -0.3 is 20.7 Å². The number of likely N-dealkylation sites (tertiary alicyclic amines) is 1. The van der Waals surface area contributed by atoms with Crippen LogP contribution < -0.4 is 20.7 Å². The van der Waals surface area contributed by atoms with Gasteiger partial charge in [0.1, 0.15) is 18.2 Å². The highest BCUT2D eigenvalue weighted by atomic mass is 32.2. The third kappa shape index (κ3) is 6.10. The zero-order valence-electron chi connectivity index (χ0n) is 23.2. The Morgan fingerprint density at radius 1 is 1.13 bits per heavy atom. The fourth-order valence-corrected chi connectivity index (χ4v) is 6.26. The number of hydrogen-bond acceptors (Lipinski definition) is 8. The van der Waals surface area contributed by atoms with Crippen LogP contribution in [-0.2, 0) is 10.0 Å². The maximum atomic E-state index is 13.1. The quantitative estimate of drug-likeness (QED) is 0.404. The Morgan fingerprint density at radius 2 is 1.87 bits per heavy atom. The van der Waals surface area contributed by atoms with Gasteiger partial charge >= 0.3 is 0 Å². The Kier molecular flexibility index (Phi) is 7.65. The number of aliphatic imine (C=N–C) groups is 1. The maximum Gasteiger partial charge on any atom is 0.240 e. The molecule has 1 aromatic carbocycles. The molecule has 2 fully saturated rings. The van der Waals surface area contributed by atoms with E-state index < -0.39 is 14.8 Å². The highest BCUT2D eigenvalue weighted by molar-refractivity contribution is 7.90. The van der Waals surface area contributed by atoms with Crippen molar-refractivity contribution in [3.8, 4) is 5.75 Å². The molecule has 2 saturated heterocycles. The molecule has 0 radical (unpaired) electrons. The lowest BCUT2D eigenvalue weighted by Crippen LogP contribution is -2.42. The largest absolute Gasteiger partial charge is 0.492 e. The summed E-state index contributed by atoms with van der Waals surface area (Å²) < 4.78 is 32.8. The summed E-state index contributed by atoms with van der Waals surface area (Å²) in [6.45, 7) is 11.5. The number of hydrogen-bond donors (Lipinski definition) is 3. The van der Waals surface area contributed by atoms with Crippen molar-refractivity contribution < 1.29 is 13.2 Å². The third-order valence-corrected chi connectivity index (χ3v) is 9.73. The first-order valence-corrected chi connectivity index (χ1v) is 15.0. The summed E-state index contributed by atoms with van der Waals surface area (Å²) in [6, 6.07) is 7.89. The molecular weight excluding hydrogens is 512 g/mol. The van der Waals surface area contributed by atoms with Gasteiger partial charge in [0.2, 0.25) is 10.0 Å². The first-order chi connectivity index (χ1) is 18.6. The van der Waals surface area contributed by atoms with Crippen LogP contribution in [0.4, 0.5) is 5.69 Å². The summed E-state index contributed by atoms with van der Waals surface area (Å²) in [6.07, 6.45) is 6.46. The summed E-state index contributed by atoms with van der Waals surface area (Å²) in [4.78, 5) is 6.99. The Morgan fingerprint density at radius 3 is 2.59 bits per heavy atom. The summed E-state index contributed by atoms with van der Waals surface area (Å²) in [5.74, 6) is 1.61. The second-order valence-electron chi connectivity index (χ2n) is 11.2. The van der Waals surface area contributed by atoms with Crippen LogP contribution in [0.3, 0.4) is 0 Å². The van der Waals surface area contributed by atoms with Crippen molar-refractivity contribution >= 4 is 21.9 Å². The highest BCUT2D eigenvalue weighted by Gasteiger charge is 2.40. The SMILES string of the molecule is CC1=C(NC2=C=C=C3CCN(S(=O)(=O)C(C)(C)C)C3=C2)NC(Nc2ccc(OCCN3CCCC3)cc2)N=C1. The fraction of sp³-hybridized carbons (Fsp3) is 0.483. The summed E-state index contributed by atoms with van der Waals surface area (Å²) in [5, 5.41) is 10.1. The zero-order chi connectivity index (χ0) is 27.6. The molecule has 4 aliphatic rings. The number of rotatable bonds is 9. The van der Waals surface area contributed by atoms with Crippen LogP contribution in [0, 0.1) is 0 Å². The van der Waals surface area contributed by atoms with Crippen molar-refractivity contribution in [2.24, 2.45) is 4.99 Å². The summed E-state index contributed by atoms with van der Waals surface area (Å²) in [7, 11) is -3.50. The van der Waals surface area contributed by atoms with Crippen molar-refractivity contribution in [1.29, 1.82) is 0 Å². The van der Waals surface area contributed by atoms with E-state index in [9.17, 15) is 8.42 Å². The number of allylic oxidation sites excluding steroid dienone is 3. The molecule has 9 nitrogen and oxygen atoms in total. The number of fused-ring (bicyclic) bond motifs is 1. The summed E-state index contributed by atoms with van der Waals surface area (Å²) in [5.41, 5.74) is 10.3. The average molecular weight is 551 g/mol. The van der Waals surface area contributed by atoms with E-state index in [1.165, 1.54) is 30.2 Å². The maximum absolute atomic E-state index is 13.1. The van der Waals surface area contributed by atoms with Gasteiger partial charge in [-0.3, -0.25) is 9.21 Å². The van der Waals surface area contributed by atoms with Crippen LogP contribution in [0.15, 0.2) is 75.2 Å². The predicted molar refractivity (Wildman–Crippen MR) is 155 cm³/mol. The first-order valence-electron chi connectivity index (χ1n) is 13.6. The van der Waals surface area contributed by atoms with Gasteiger partial charge in [-0.1, -0.05) is 5.73 Å². The minimum Gasteiger partial charge on any atom is -0.492 e. The number of benzene rings is 1. The molecule has 1 atom stereocenters. The normalized spacial score (nSPS) is 21.3. The monoisotopic (exact) mass is 550 g/mol. The van der Waals surface area contributed by atoms with Crippen molar-refractivity contribution in [2.45, 2.75) is 58.0 Å². The van der Waals surface area contributed by atoms with Crippen LogP contribution in [0.1, 0.15) is 47.0 Å². The van der Waals surface area contributed by atoms with E-state index in [0.29, 0.717) is 31.0 Å². The molecule has 0 spiro atoms. The van der Waals surface area contributed by atoms with Gasteiger partial charge in [0.05, 0.1) is 16.1 Å². The van der Waals surface area contributed by atoms with E-state index >= 15 is 0 Å². The van der Waals surface area contributed by atoms with Crippen LogP contribution in [-0.4, -0.2) is 67.7 Å². The van der Waals surface area contributed by atoms with E-state index in [1.807, 2.05) is 37.3 Å². The topological polar surface area (TPSA) is 98.3 Å². The minimum atomic E-state index is -3.50. The standard InChI is InChI=1S/C29H38N6O3S/c1-21-20-30-28(32-23-9-11-25(12-10-23)38-18-17-34-14-5-6-15-34)33-27(21)31-24-8-7-22-13-16-35(26(22)19-24)39(36,37)29(2,3)4/h9-12,19-20,28,31-33H,5-6,13-18H2,1-4H3. The Hall–Kier alpha value is -3.42. The van der Waals surface area contributed by atoms with Gasteiger partial charge in [0, 0.05) is 42.6 Å². The van der Waals surface area contributed by atoms with Gasteiger partial charge in [0.15, 0.2) is 6.29 Å². The number of anilines is 1. The molecule has 10 heteroatoms. The molecule has 0 saturated carbocycles. The van der Waals surface area contributed by atoms with Crippen molar-refractivity contribution in [3.05, 3.63) is 70.2 Å². The van der Waals surface area contributed by atoms with Crippen LogP contribution >= 0.6 is 0 Å². The lowest BCUT2D eigenvalue weighted by atomic mass is 10.1. The molecule has 0 amide bonds. The Labute approximate surface area is 231 Å². The molecule has 1 aliphatic carbocycles. The van der Waals surface area contributed by atoms with Gasteiger partial charge in [-0.05, 0) is 89.7 Å². The lowest BCUT2D eigenvalue weighted by Gasteiger charge is -2.29. The van der Waals surface area contributed by atoms with Gasteiger partial charge in [-0.15, -0.1) is 0 Å². The molecular formula is C29H38N6O3S. The molecule has 3 N–H and O–H groups in total. The van der Waals surface area contributed by atoms with Crippen LogP contribution in [0.25, 0.3) is 0 Å². The smallest absolute Gasteiger partial charge is 0.240 e. The van der Waals surface area contributed by atoms with Gasteiger partial charge in [-0.25, -0.2) is 13.4 Å². The lowest BCUT2D eigenvalue weighted by molar-refractivity contribution is 0.238. The Bertz CT molecular complexity index is 1400. The van der Waals surface area contributed by atoms with Crippen molar-refractivity contribution in [1.82, 2.24) is 19.8 Å². The summed E-state index contributed by atoms with van der Waals surface area (Å²) >= 11 is 0. The molecule has 0 aromatic heterocycles. The number of ether oxygens (including phenoxy) is 1. The molecule has 39 heavy (non-hydrogen) atoms. The van der Waals surface area contributed by atoms with Crippen LogP contribution in [0.2, 0.25) is 0 Å². The number of sulfonamides is 1. The van der Waals surface area contributed by atoms with Crippen LogP contribution in [0.5, 0.6) is 5.75 Å². The fourth-order valence-electron chi connectivity index (χ4n) is 4.85. The highest BCUT2D eigenvalue weighted by Crippen LogP contribution is 2.35. The van der Waals surface area contributed by atoms with E-state index in [-0.39, 0.29) is 6.29 Å². The Balaban J connectivity index is 1.19. The van der Waals surface area contributed by atoms with Gasteiger partial charge in [0.25, 0.3) is 0 Å².